The van der Waals surface area contributed by atoms with Gasteiger partial charge in [0, 0.05) is 18.2 Å². The Hall–Kier alpha value is -1.83. The van der Waals surface area contributed by atoms with Crippen LogP contribution in [0.5, 0.6) is 0 Å². The fourth-order valence-corrected chi connectivity index (χ4v) is 2.06. The maximum absolute atomic E-state index is 4.28. The van der Waals surface area contributed by atoms with Crippen molar-refractivity contribution < 1.29 is 0 Å². The number of hydrogen-bond donors (Lipinski definition) is 1. The van der Waals surface area contributed by atoms with Crippen molar-refractivity contribution in [1.29, 1.82) is 0 Å². The smallest absolute Gasteiger partial charge is 0.126 e. The van der Waals surface area contributed by atoms with Crippen LogP contribution in [0.15, 0.2) is 54.7 Å². The number of pyridine rings is 1. The van der Waals surface area contributed by atoms with Gasteiger partial charge in [-0.2, -0.15) is 0 Å². The van der Waals surface area contributed by atoms with E-state index >= 15 is 0 Å². The fourth-order valence-electron chi connectivity index (χ4n) is 2.06. The first-order valence-corrected chi connectivity index (χ1v) is 5.66. The highest BCUT2D eigenvalue weighted by molar-refractivity contribution is 5.41. The summed E-state index contributed by atoms with van der Waals surface area (Å²) in [5.74, 6) is 1.63. The van der Waals surface area contributed by atoms with Crippen molar-refractivity contribution in [2.24, 2.45) is 0 Å². The summed E-state index contributed by atoms with van der Waals surface area (Å²) in [7, 11) is 0. The Labute approximate surface area is 95.3 Å². The second-order valence-corrected chi connectivity index (χ2v) is 4.22. The first-order chi connectivity index (χ1) is 7.93. The van der Waals surface area contributed by atoms with E-state index in [-0.39, 0.29) is 0 Å². The van der Waals surface area contributed by atoms with E-state index in [4.69, 9.17) is 0 Å². The van der Waals surface area contributed by atoms with Crippen LogP contribution < -0.4 is 5.32 Å². The molecule has 2 nitrogen and oxygen atoms in total. The van der Waals surface area contributed by atoms with Gasteiger partial charge in [-0.25, -0.2) is 4.98 Å². The molecule has 1 aliphatic rings. The van der Waals surface area contributed by atoms with E-state index in [2.05, 4.69) is 40.6 Å². The SMILES string of the molecule is c1ccc(C2CC2Nc2ccccn2)cc1. The maximum Gasteiger partial charge on any atom is 0.126 e. The molecule has 1 heterocycles. The van der Waals surface area contributed by atoms with Gasteiger partial charge in [0.05, 0.1) is 0 Å². The molecule has 0 amide bonds. The predicted molar refractivity (Wildman–Crippen MR) is 65.4 cm³/mol. The highest BCUT2D eigenvalue weighted by Crippen LogP contribution is 2.42. The third-order valence-corrected chi connectivity index (χ3v) is 3.02. The molecule has 1 saturated carbocycles. The minimum atomic E-state index is 0.553. The van der Waals surface area contributed by atoms with E-state index in [0.29, 0.717) is 12.0 Å². The average molecular weight is 210 g/mol. The van der Waals surface area contributed by atoms with Gasteiger partial charge in [-0.1, -0.05) is 36.4 Å². The largest absolute Gasteiger partial charge is 0.367 e. The van der Waals surface area contributed by atoms with Gasteiger partial charge in [-0.05, 0) is 24.1 Å². The van der Waals surface area contributed by atoms with Crippen LogP contribution in [-0.4, -0.2) is 11.0 Å². The molecule has 1 aliphatic carbocycles. The summed E-state index contributed by atoms with van der Waals surface area (Å²) in [4.78, 5) is 4.28. The van der Waals surface area contributed by atoms with Gasteiger partial charge in [-0.15, -0.1) is 0 Å². The monoisotopic (exact) mass is 210 g/mol. The second-order valence-electron chi connectivity index (χ2n) is 4.22. The van der Waals surface area contributed by atoms with Crippen LogP contribution in [0.3, 0.4) is 0 Å². The minimum Gasteiger partial charge on any atom is -0.367 e. The molecule has 16 heavy (non-hydrogen) atoms. The normalized spacial score (nSPS) is 22.8. The number of nitrogens with zero attached hydrogens (tertiary/aromatic N) is 1. The zero-order valence-corrected chi connectivity index (χ0v) is 9.01. The van der Waals surface area contributed by atoms with Crippen molar-refractivity contribution in [2.45, 2.75) is 18.4 Å². The Bertz CT molecular complexity index is 453. The quantitative estimate of drug-likeness (QED) is 0.842. The molecule has 0 bridgehead atoms. The summed E-state index contributed by atoms with van der Waals surface area (Å²) in [6, 6.07) is 17.2. The molecule has 2 atom stereocenters. The van der Waals surface area contributed by atoms with Crippen molar-refractivity contribution in [2.75, 3.05) is 5.32 Å². The van der Waals surface area contributed by atoms with Crippen molar-refractivity contribution >= 4 is 5.82 Å². The standard InChI is InChI=1S/C14H14N2/c1-2-6-11(7-3-1)12-10-13(12)16-14-8-4-5-9-15-14/h1-9,12-13H,10H2,(H,15,16). The molecule has 1 aromatic heterocycles. The maximum atomic E-state index is 4.28. The molecular weight excluding hydrogens is 196 g/mol. The molecular formula is C14H14N2. The van der Waals surface area contributed by atoms with Crippen LogP contribution in [-0.2, 0) is 0 Å². The predicted octanol–water partition coefficient (Wildman–Crippen LogP) is 3.05. The van der Waals surface area contributed by atoms with Gasteiger partial charge >= 0.3 is 0 Å². The topological polar surface area (TPSA) is 24.9 Å². The molecule has 1 fully saturated rings. The highest BCUT2D eigenvalue weighted by atomic mass is 15.0. The molecule has 0 spiro atoms. The summed E-state index contributed by atoms with van der Waals surface area (Å²) in [5.41, 5.74) is 1.43. The fraction of sp³-hybridized carbons (Fsp3) is 0.214. The molecule has 80 valence electrons. The van der Waals surface area contributed by atoms with Gasteiger partial charge in [0.2, 0.25) is 0 Å². The Balaban J connectivity index is 1.65. The van der Waals surface area contributed by atoms with E-state index in [1.807, 2.05) is 24.4 Å². The Kier molecular flexibility index (Phi) is 2.33. The summed E-state index contributed by atoms with van der Waals surface area (Å²) >= 11 is 0. The first-order valence-electron chi connectivity index (χ1n) is 5.66. The van der Waals surface area contributed by atoms with Crippen LogP contribution in [0.4, 0.5) is 5.82 Å². The number of aromatic nitrogens is 1. The number of hydrogen-bond acceptors (Lipinski definition) is 2. The molecule has 2 unspecified atom stereocenters. The second kappa shape index (κ2) is 3.97. The van der Waals surface area contributed by atoms with Crippen LogP contribution in [0.25, 0.3) is 0 Å². The van der Waals surface area contributed by atoms with Crippen molar-refractivity contribution in [1.82, 2.24) is 4.98 Å². The van der Waals surface area contributed by atoms with Crippen molar-refractivity contribution in [3.8, 4) is 0 Å². The molecule has 0 radical (unpaired) electrons. The number of anilines is 1. The molecule has 1 aromatic carbocycles. The Morgan fingerprint density at radius 2 is 1.81 bits per heavy atom. The Morgan fingerprint density at radius 1 is 1.00 bits per heavy atom. The van der Waals surface area contributed by atoms with Gasteiger partial charge in [-0.3, -0.25) is 0 Å². The first kappa shape index (κ1) is 9.40. The summed E-state index contributed by atoms with van der Waals surface area (Å²) in [6.45, 7) is 0. The lowest BCUT2D eigenvalue weighted by atomic mass is 10.1. The lowest BCUT2D eigenvalue weighted by Crippen LogP contribution is -2.05. The summed E-state index contributed by atoms with van der Waals surface area (Å²) in [6.07, 6.45) is 3.03. The molecule has 0 aliphatic heterocycles. The molecule has 3 rings (SSSR count). The van der Waals surface area contributed by atoms with Gasteiger partial charge in [0.25, 0.3) is 0 Å². The molecule has 1 N–H and O–H groups in total. The van der Waals surface area contributed by atoms with E-state index in [9.17, 15) is 0 Å². The lowest BCUT2D eigenvalue weighted by molar-refractivity contribution is 1.03. The van der Waals surface area contributed by atoms with Gasteiger partial charge < -0.3 is 5.32 Å². The number of benzene rings is 1. The minimum absolute atomic E-state index is 0.553. The van der Waals surface area contributed by atoms with Gasteiger partial charge in [0.15, 0.2) is 0 Å². The average Bonchev–Trinajstić information content (AvgIpc) is 3.11. The van der Waals surface area contributed by atoms with Crippen LogP contribution in [0.1, 0.15) is 17.9 Å². The van der Waals surface area contributed by atoms with Crippen LogP contribution in [0, 0.1) is 0 Å². The number of nitrogens with one attached hydrogen (secondary N) is 1. The lowest BCUT2D eigenvalue weighted by Gasteiger charge is -2.04. The third-order valence-electron chi connectivity index (χ3n) is 3.02. The third kappa shape index (κ3) is 1.91. The zero-order valence-electron chi connectivity index (χ0n) is 9.01. The van der Waals surface area contributed by atoms with E-state index in [0.717, 1.165) is 5.82 Å². The Morgan fingerprint density at radius 3 is 2.56 bits per heavy atom. The summed E-state index contributed by atoms with van der Waals surface area (Å²) in [5, 5.41) is 3.45. The zero-order chi connectivity index (χ0) is 10.8. The van der Waals surface area contributed by atoms with Gasteiger partial charge in [0.1, 0.15) is 5.82 Å². The van der Waals surface area contributed by atoms with Crippen molar-refractivity contribution in [3.63, 3.8) is 0 Å². The van der Waals surface area contributed by atoms with E-state index in [1.54, 1.807) is 0 Å². The van der Waals surface area contributed by atoms with E-state index < -0.39 is 0 Å². The number of rotatable bonds is 3. The van der Waals surface area contributed by atoms with Crippen LogP contribution in [0.2, 0.25) is 0 Å². The molecule has 0 saturated heterocycles. The molecule has 2 aromatic rings. The van der Waals surface area contributed by atoms with Crippen molar-refractivity contribution in [3.05, 3.63) is 60.3 Å². The molecule has 2 heteroatoms. The van der Waals surface area contributed by atoms with Crippen LogP contribution >= 0.6 is 0 Å². The highest BCUT2D eigenvalue weighted by Gasteiger charge is 2.38. The van der Waals surface area contributed by atoms with E-state index in [1.165, 1.54) is 12.0 Å². The summed E-state index contributed by atoms with van der Waals surface area (Å²) < 4.78 is 0.